The Kier molecular flexibility index (Phi) is 2.15. The molecule has 0 unspecified atom stereocenters. The van der Waals surface area contributed by atoms with E-state index in [1.54, 1.807) is 6.92 Å². The van der Waals surface area contributed by atoms with E-state index in [-0.39, 0.29) is 5.78 Å². The summed E-state index contributed by atoms with van der Waals surface area (Å²) in [5.74, 6) is 0.0323. The van der Waals surface area contributed by atoms with Crippen LogP contribution in [0.3, 0.4) is 0 Å². The van der Waals surface area contributed by atoms with Crippen LogP contribution in [0.25, 0.3) is 0 Å². The molecule has 3 nitrogen and oxygen atoms in total. The van der Waals surface area contributed by atoms with Crippen molar-refractivity contribution >= 4 is 17.2 Å². The van der Waals surface area contributed by atoms with Crippen LogP contribution in [0.2, 0.25) is 0 Å². The lowest BCUT2D eigenvalue weighted by Gasteiger charge is -2.33. The number of carbonyl (C=O) groups excluding carboxylic acids is 1. The summed E-state index contributed by atoms with van der Waals surface area (Å²) in [6, 6.07) is 5.67. The number of rotatable bonds is 2. The molecule has 1 heterocycles. The van der Waals surface area contributed by atoms with Gasteiger partial charge in [-0.1, -0.05) is 0 Å². The van der Waals surface area contributed by atoms with Crippen molar-refractivity contribution in [1.82, 2.24) is 0 Å². The van der Waals surface area contributed by atoms with Crippen molar-refractivity contribution in [2.24, 2.45) is 0 Å². The lowest BCUT2D eigenvalue weighted by atomic mass is 10.1. The minimum atomic E-state index is 0.0323. The Balaban J connectivity index is 2.34. The Labute approximate surface area is 83.5 Å². The number of carbonyl (C=O) groups is 1. The average Bonchev–Trinajstić information content (AvgIpc) is 2.04. The van der Waals surface area contributed by atoms with Crippen molar-refractivity contribution in [3.8, 4) is 0 Å². The summed E-state index contributed by atoms with van der Waals surface area (Å²) in [5, 5.41) is 0. The molecule has 1 aromatic rings. The second kappa shape index (κ2) is 3.33. The summed E-state index contributed by atoms with van der Waals surface area (Å²) in [7, 11) is 0. The minimum Gasteiger partial charge on any atom is -0.398 e. The summed E-state index contributed by atoms with van der Waals surface area (Å²) < 4.78 is 0. The second-order valence-electron chi connectivity index (χ2n) is 3.67. The standard InChI is InChI=1S/C11H14N2O/c1-8(14)10-7-9(3-4-11(10)12)13-5-2-6-13/h3-4,7H,2,5-6,12H2,1H3. The molecule has 14 heavy (non-hydrogen) atoms. The zero-order valence-corrected chi connectivity index (χ0v) is 8.29. The topological polar surface area (TPSA) is 46.3 Å². The largest absolute Gasteiger partial charge is 0.398 e. The van der Waals surface area contributed by atoms with Crippen LogP contribution < -0.4 is 10.6 Å². The molecule has 2 N–H and O–H groups in total. The molecule has 3 heteroatoms. The molecule has 1 saturated heterocycles. The molecular formula is C11H14N2O. The molecule has 0 aliphatic carbocycles. The molecule has 0 spiro atoms. The lowest BCUT2D eigenvalue weighted by molar-refractivity contribution is 0.101. The number of hydrogen-bond donors (Lipinski definition) is 1. The van der Waals surface area contributed by atoms with Gasteiger partial charge in [0.1, 0.15) is 0 Å². The van der Waals surface area contributed by atoms with Gasteiger partial charge in [0.05, 0.1) is 0 Å². The van der Waals surface area contributed by atoms with Crippen LogP contribution >= 0.6 is 0 Å². The Morgan fingerprint density at radius 3 is 2.64 bits per heavy atom. The van der Waals surface area contributed by atoms with Gasteiger partial charge in [-0.3, -0.25) is 4.79 Å². The molecule has 1 aromatic carbocycles. The highest BCUT2D eigenvalue weighted by Crippen LogP contribution is 2.24. The number of ketones is 1. The average molecular weight is 190 g/mol. The first kappa shape index (κ1) is 9.06. The van der Waals surface area contributed by atoms with Gasteiger partial charge in [-0.05, 0) is 31.5 Å². The van der Waals surface area contributed by atoms with Crippen molar-refractivity contribution in [1.29, 1.82) is 0 Å². The molecule has 1 aliphatic heterocycles. The quantitative estimate of drug-likeness (QED) is 0.570. The molecule has 1 aliphatic rings. The minimum absolute atomic E-state index is 0.0323. The van der Waals surface area contributed by atoms with E-state index in [4.69, 9.17) is 5.73 Å². The summed E-state index contributed by atoms with van der Waals surface area (Å²) in [6.45, 7) is 3.72. The number of nitrogens with two attached hydrogens (primary N) is 1. The number of nitrogens with zero attached hydrogens (tertiary/aromatic N) is 1. The SMILES string of the molecule is CC(=O)c1cc(N2CCC2)ccc1N. The number of anilines is 2. The summed E-state index contributed by atoms with van der Waals surface area (Å²) in [5.41, 5.74) is 8.02. The predicted octanol–water partition coefficient (Wildman–Crippen LogP) is 1.68. The number of nitrogen functional groups attached to an aromatic ring is 1. The fourth-order valence-corrected chi connectivity index (χ4v) is 1.62. The van der Waals surface area contributed by atoms with E-state index < -0.39 is 0 Å². The number of benzene rings is 1. The van der Waals surface area contributed by atoms with E-state index >= 15 is 0 Å². The molecule has 0 amide bonds. The Hall–Kier alpha value is -1.51. The second-order valence-corrected chi connectivity index (χ2v) is 3.67. The monoisotopic (exact) mass is 190 g/mol. The molecule has 0 bridgehead atoms. The molecular weight excluding hydrogens is 176 g/mol. The maximum Gasteiger partial charge on any atom is 0.161 e. The van der Waals surface area contributed by atoms with Gasteiger partial charge >= 0.3 is 0 Å². The summed E-state index contributed by atoms with van der Waals surface area (Å²) >= 11 is 0. The van der Waals surface area contributed by atoms with Gasteiger partial charge in [0.15, 0.2) is 5.78 Å². The van der Waals surface area contributed by atoms with Crippen LogP contribution in [-0.2, 0) is 0 Å². The van der Waals surface area contributed by atoms with Crippen LogP contribution in [0.15, 0.2) is 18.2 Å². The Morgan fingerprint density at radius 1 is 1.43 bits per heavy atom. The van der Waals surface area contributed by atoms with Crippen molar-refractivity contribution < 1.29 is 4.79 Å². The van der Waals surface area contributed by atoms with Crippen LogP contribution in [0.4, 0.5) is 11.4 Å². The Morgan fingerprint density at radius 2 is 2.14 bits per heavy atom. The van der Waals surface area contributed by atoms with Gasteiger partial charge in [0.25, 0.3) is 0 Å². The summed E-state index contributed by atoms with van der Waals surface area (Å²) in [6.07, 6.45) is 1.24. The van der Waals surface area contributed by atoms with E-state index in [9.17, 15) is 4.79 Å². The van der Waals surface area contributed by atoms with Gasteiger partial charge in [-0.25, -0.2) is 0 Å². The van der Waals surface area contributed by atoms with Gasteiger partial charge < -0.3 is 10.6 Å². The highest BCUT2D eigenvalue weighted by molar-refractivity contribution is 6.00. The van der Waals surface area contributed by atoms with Crippen LogP contribution in [0, 0.1) is 0 Å². The maximum atomic E-state index is 11.2. The van der Waals surface area contributed by atoms with Crippen LogP contribution in [0.5, 0.6) is 0 Å². The third kappa shape index (κ3) is 1.45. The van der Waals surface area contributed by atoms with Gasteiger partial charge in [-0.15, -0.1) is 0 Å². The summed E-state index contributed by atoms with van der Waals surface area (Å²) in [4.78, 5) is 13.5. The first-order valence-electron chi connectivity index (χ1n) is 4.84. The van der Waals surface area contributed by atoms with Crippen molar-refractivity contribution in [2.75, 3.05) is 23.7 Å². The van der Waals surface area contributed by atoms with Crippen molar-refractivity contribution in [3.63, 3.8) is 0 Å². The molecule has 1 fully saturated rings. The van der Waals surface area contributed by atoms with E-state index in [0.29, 0.717) is 11.3 Å². The first-order valence-corrected chi connectivity index (χ1v) is 4.84. The smallest absolute Gasteiger partial charge is 0.161 e. The molecule has 2 rings (SSSR count). The van der Waals surface area contributed by atoms with Crippen LogP contribution in [0.1, 0.15) is 23.7 Å². The normalized spacial score (nSPS) is 15.1. The van der Waals surface area contributed by atoms with Crippen molar-refractivity contribution in [2.45, 2.75) is 13.3 Å². The third-order valence-corrected chi connectivity index (χ3v) is 2.64. The van der Waals surface area contributed by atoms with E-state index in [1.807, 2.05) is 18.2 Å². The van der Waals surface area contributed by atoms with E-state index in [0.717, 1.165) is 18.8 Å². The van der Waals surface area contributed by atoms with Crippen LogP contribution in [-0.4, -0.2) is 18.9 Å². The molecule has 0 aromatic heterocycles. The van der Waals surface area contributed by atoms with Gasteiger partial charge in [-0.2, -0.15) is 0 Å². The van der Waals surface area contributed by atoms with E-state index in [2.05, 4.69) is 4.90 Å². The molecule has 74 valence electrons. The zero-order valence-electron chi connectivity index (χ0n) is 8.29. The predicted molar refractivity (Wildman–Crippen MR) is 57.7 cm³/mol. The number of hydrogen-bond acceptors (Lipinski definition) is 3. The van der Waals surface area contributed by atoms with Gasteiger partial charge in [0, 0.05) is 30.0 Å². The highest BCUT2D eigenvalue weighted by atomic mass is 16.1. The zero-order chi connectivity index (χ0) is 10.1. The first-order chi connectivity index (χ1) is 6.68. The molecule has 0 saturated carbocycles. The fourth-order valence-electron chi connectivity index (χ4n) is 1.62. The van der Waals surface area contributed by atoms with Gasteiger partial charge in [0.2, 0.25) is 0 Å². The third-order valence-electron chi connectivity index (χ3n) is 2.64. The maximum absolute atomic E-state index is 11.2. The molecule has 0 radical (unpaired) electrons. The van der Waals surface area contributed by atoms with E-state index in [1.165, 1.54) is 6.42 Å². The molecule has 0 atom stereocenters. The van der Waals surface area contributed by atoms with Crippen molar-refractivity contribution in [3.05, 3.63) is 23.8 Å². The Bertz CT molecular complexity index is 370. The highest BCUT2D eigenvalue weighted by Gasteiger charge is 2.16. The fraction of sp³-hybridized carbons (Fsp3) is 0.364. The lowest BCUT2D eigenvalue weighted by Crippen LogP contribution is -2.37. The number of Topliss-reactive ketones (excluding diaryl/α,β-unsaturated/α-hetero) is 1.